The fourth-order valence-corrected chi connectivity index (χ4v) is 5.54. The average Bonchev–Trinajstić information content (AvgIpc) is 2.11. The van der Waals surface area contributed by atoms with Crippen molar-refractivity contribution in [3.63, 3.8) is 0 Å². The van der Waals surface area contributed by atoms with Crippen LogP contribution in [0.3, 0.4) is 0 Å². The maximum atomic E-state index is 11.5. The Morgan fingerprint density at radius 3 is 1.82 bits per heavy atom. The van der Waals surface area contributed by atoms with Crippen molar-refractivity contribution in [3.8, 4) is 0 Å². The maximum absolute atomic E-state index is 11.5. The highest BCUT2D eigenvalue weighted by Gasteiger charge is 2.57. The lowest BCUT2D eigenvalue weighted by Gasteiger charge is -2.59. The third-order valence-corrected chi connectivity index (χ3v) is 5.49. The molecule has 3 heteroatoms. The predicted molar refractivity (Wildman–Crippen MR) is 63.4 cm³/mol. The standard InChI is InChI=1S/C14H22O3/c1-8(15)12(13(16)17)14-5-9-2-10(6-14)4-11(3-9)7-14/h8-12,15H,2-7H2,1H3,(H,16,17)/t8-,9?,10?,11?,12-,14?/m1/s1. The summed E-state index contributed by atoms with van der Waals surface area (Å²) in [5, 5.41) is 19.3. The van der Waals surface area contributed by atoms with Crippen LogP contribution in [0.2, 0.25) is 0 Å². The van der Waals surface area contributed by atoms with Gasteiger partial charge in [-0.15, -0.1) is 0 Å². The highest BCUT2D eigenvalue weighted by Crippen LogP contribution is 2.63. The average molecular weight is 238 g/mol. The van der Waals surface area contributed by atoms with E-state index in [-0.39, 0.29) is 5.41 Å². The van der Waals surface area contributed by atoms with Crippen LogP contribution in [0.25, 0.3) is 0 Å². The fourth-order valence-electron chi connectivity index (χ4n) is 5.54. The normalized spacial score (nSPS) is 46.8. The molecule has 4 bridgehead atoms. The summed E-state index contributed by atoms with van der Waals surface area (Å²) < 4.78 is 0. The molecule has 2 atom stereocenters. The molecule has 3 nitrogen and oxygen atoms in total. The van der Waals surface area contributed by atoms with Gasteiger partial charge in [0, 0.05) is 0 Å². The van der Waals surface area contributed by atoms with Crippen LogP contribution in [0.15, 0.2) is 0 Å². The zero-order valence-corrected chi connectivity index (χ0v) is 10.4. The van der Waals surface area contributed by atoms with Gasteiger partial charge < -0.3 is 10.2 Å². The minimum atomic E-state index is -0.790. The maximum Gasteiger partial charge on any atom is 0.309 e. The van der Waals surface area contributed by atoms with Crippen molar-refractivity contribution in [1.29, 1.82) is 0 Å². The lowest BCUT2D eigenvalue weighted by atomic mass is 9.46. The van der Waals surface area contributed by atoms with Crippen LogP contribution in [0, 0.1) is 29.1 Å². The molecule has 0 spiro atoms. The Labute approximate surface area is 102 Å². The molecular formula is C14H22O3. The van der Waals surface area contributed by atoms with E-state index in [9.17, 15) is 15.0 Å². The highest BCUT2D eigenvalue weighted by atomic mass is 16.4. The number of aliphatic carboxylic acids is 1. The Bertz CT molecular complexity index is 299. The Morgan fingerprint density at radius 1 is 1.12 bits per heavy atom. The van der Waals surface area contributed by atoms with Gasteiger partial charge in [-0.2, -0.15) is 0 Å². The van der Waals surface area contributed by atoms with Gasteiger partial charge >= 0.3 is 5.97 Å². The number of carboxylic acid groups (broad SMARTS) is 1. The van der Waals surface area contributed by atoms with E-state index in [0.29, 0.717) is 0 Å². The van der Waals surface area contributed by atoms with Crippen molar-refractivity contribution >= 4 is 5.97 Å². The first-order valence-corrected chi connectivity index (χ1v) is 6.91. The van der Waals surface area contributed by atoms with E-state index in [1.807, 2.05) is 0 Å². The topological polar surface area (TPSA) is 57.5 Å². The van der Waals surface area contributed by atoms with Crippen LogP contribution >= 0.6 is 0 Å². The SMILES string of the molecule is C[C@@H](O)[C@H](C(=O)O)C12CC3CC(CC(C3)C1)C2. The molecule has 0 aromatic heterocycles. The van der Waals surface area contributed by atoms with Crippen LogP contribution in [-0.2, 0) is 4.79 Å². The molecule has 0 radical (unpaired) electrons. The van der Waals surface area contributed by atoms with Gasteiger partial charge in [0.1, 0.15) is 0 Å². The van der Waals surface area contributed by atoms with Crippen molar-refractivity contribution in [2.75, 3.05) is 0 Å². The van der Waals surface area contributed by atoms with Gasteiger partial charge in [0.05, 0.1) is 12.0 Å². The molecule has 0 unspecified atom stereocenters. The largest absolute Gasteiger partial charge is 0.481 e. The summed E-state index contributed by atoms with van der Waals surface area (Å²) in [6, 6.07) is 0. The Kier molecular flexibility index (Phi) is 2.51. The Morgan fingerprint density at radius 2 is 1.53 bits per heavy atom. The smallest absolute Gasteiger partial charge is 0.309 e. The molecule has 4 fully saturated rings. The van der Waals surface area contributed by atoms with E-state index in [1.165, 1.54) is 19.3 Å². The van der Waals surface area contributed by atoms with E-state index in [2.05, 4.69) is 0 Å². The van der Waals surface area contributed by atoms with Gasteiger partial charge in [-0.25, -0.2) is 0 Å². The Hall–Kier alpha value is -0.570. The second kappa shape index (κ2) is 3.71. The zero-order chi connectivity index (χ0) is 12.2. The third kappa shape index (κ3) is 1.70. The summed E-state index contributed by atoms with van der Waals surface area (Å²) in [6.07, 6.45) is 6.34. The van der Waals surface area contributed by atoms with Gasteiger partial charge in [-0.3, -0.25) is 4.79 Å². The minimum Gasteiger partial charge on any atom is -0.481 e. The molecule has 0 heterocycles. The molecule has 96 valence electrons. The summed E-state index contributed by atoms with van der Waals surface area (Å²) >= 11 is 0. The van der Waals surface area contributed by atoms with E-state index in [4.69, 9.17) is 0 Å². The van der Waals surface area contributed by atoms with Crippen LogP contribution in [-0.4, -0.2) is 22.3 Å². The first-order chi connectivity index (χ1) is 8.00. The lowest BCUT2D eigenvalue weighted by Crippen LogP contribution is -2.54. The molecular weight excluding hydrogens is 216 g/mol. The molecule has 4 saturated carbocycles. The van der Waals surface area contributed by atoms with Crippen LogP contribution in [0.1, 0.15) is 45.4 Å². The summed E-state index contributed by atoms with van der Waals surface area (Å²) in [5.74, 6) is 0.878. The van der Waals surface area contributed by atoms with E-state index in [1.54, 1.807) is 6.92 Å². The molecule has 0 aliphatic heterocycles. The van der Waals surface area contributed by atoms with Gasteiger partial charge in [-0.05, 0) is 68.6 Å². The zero-order valence-electron chi connectivity index (χ0n) is 10.4. The fraction of sp³-hybridized carbons (Fsp3) is 0.929. The van der Waals surface area contributed by atoms with Gasteiger partial charge in [-0.1, -0.05) is 0 Å². The molecule has 0 aromatic rings. The number of aliphatic hydroxyl groups is 1. The van der Waals surface area contributed by atoms with Crippen molar-refractivity contribution in [1.82, 2.24) is 0 Å². The van der Waals surface area contributed by atoms with Crippen molar-refractivity contribution in [2.45, 2.75) is 51.6 Å². The summed E-state index contributed by atoms with van der Waals surface area (Å²) in [6.45, 7) is 1.65. The Balaban J connectivity index is 1.92. The second-order valence-electron chi connectivity index (χ2n) is 6.84. The quantitative estimate of drug-likeness (QED) is 0.793. The predicted octanol–water partition coefficient (Wildman–Crippen LogP) is 2.28. The lowest BCUT2D eigenvalue weighted by molar-refractivity contribution is -0.167. The third-order valence-electron chi connectivity index (χ3n) is 5.49. The molecule has 4 rings (SSSR count). The van der Waals surface area contributed by atoms with E-state index < -0.39 is 18.0 Å². The number of carbonyl (C=O) groups is 1. The van der Waals surface area contributed by atoms with Crippen molar-refractivity contribution in [2.24, 2.45) is 29.1 Å². The van der Waals surface area contributed by atoms with Crippen LogP contribution in [0.5, 0.6) is 0 Å². The van der Waals surface area contributed by atoms with Gasteiger partial charge in [0.25, 0.3) is 0 Å². The summed E-state index contributed by atoms with van der Waals surface area (Å²) in [4.78, 5) is 11.5. The summed E-state index contributed by atoms with van der Waals surface area (Å²) in [7, 11) is 0. The first kappa shape index (κ1) is 11.5. The highest BCUT2D eigenvalue weighted by molar-refractivity contribution is 5.72. The number of hydrogen-bond donors (Lipinski definition) is 2. The monoisotopic (exact) mass is 238 g/mol. The molecule has 4 aliphatic rings. The number of hydrogen-bond acceptors (Lipinski definition) is 2. The number of aliphatic hydroxyl groups excluding tert-OH is 1. The van der Waals surface area contributed by atoms with Crippen molar-refractivity contribution < 1.29 is 15.0 Å². The van der Waals surface area contributed by atoms with Crippen molar-refractivity contribution in [3.05, 3.63) is 0 Å². The van der Waals surface area contributed by atoms with E-state index in [0.717, 1.165) is 37.0 Å². The first-order valence-electron chi connectivity index (χ1n) is 6.91. The van der Waals surface area contributed by atoms with Gasteiger partial charge in [0.2, 0.25) is 0 Å². The second-order valence-corrected chi connectivity index (χ2v) is 6.84. The van der Waals surface area contributed by atoms with Gasteiger partial charge in [0.15, 0.2) is 0 Å². The minimum absolute atomic E-state index is 0.0885. The van der Waals surface area contributed by atoms with Crippen LogP contribution < -0.4 is 0 Å². The van der Waals surface area contributed by atoms with E-state index >= 15 is 0 Å². The molecule has 0 amide bonds. The summed E-state index contributed by atoms with van der Waals surface area (Å²) in [5.41, 5.74) is -0.0885. The molecule has 17 heavy (non-hydrogen) atoms. The van der Waals surface area contributed by atoms with Crippen LogP contribution in [0.4, 0.5) is 0 Å². The number of carboxylic acids is 1. The molecule has 0 aromatic carbocycles. The molecule has 4 aliphatic carbocycles. The molecule has 2 N–H and O–H groups in total. The molecule has 0 saturated heterocycles. The number of rotatable bonds is 3.